The standard InChI is InChI=1S/C25H39N5O4S2/c1-18-13-19(2)15-30(14-18)36(33,34)23-20(3)35-24-22(23)25(32)29(17-27-24)16-21(31)26-9-8-12-28-10-6-4-5-7-11-28/h17-19H,4-16H2,1-3H3,(H,26,31)/t18-,19+. The lowest BCUT2D eigenvalue weighted by Gasteiger charge is -2.34. The largest absolute Gasteiger partial charge is 0.354 e. The Balaban J connectivity index is 1.46. The van der Waals surface area contributed by atoms with E-state index in [0.29, 0.717) is 29.3 Å². The monoisotopic (exact) mass is 537 g/mol. The molecule has 2 saturated heterocycles. The van der Waals surface area contributed by atoms with Gasteiger partial charge in [-0.05, 0) is 64.1 Å². The Labute approximate surface area is 217 Å². The molecule has 1 N–H and O–H groups in total. The number of aromatic nitrogens is 2. The molecule has 0 saturated carbocycles. The molecule has 0 aromatic carbocycles. The van der Waals surface area contributed by atoms with Crippen LogP contribution in [0.25, 0.3) is 10.2 Å². The Bertz CT molecular complexity index is 1220. The lowest BCUT2D eigenvalue weighted by atomic mass is 9.94. The molecule has 2 fully saturated rings. The predicted octanol–water partition coefficient (Wildman–Crippen LogP) is 2.82. The van der Waals surface area contributed by atoms with E-state index in [-0.39, 0.29) is 34.6 Å². The van der Waals surface area contributed by atoms with Gasteiger partial charge in [0.25, 0.3) is 5.56 Å². The molecule has 0 radical (unpaired) electrons. The highest BCUT2D eigenvalue weighted by Gasteiger charge is 2.35. The molecule has 2 atom stereocenters. The number of piperidine rings is 1. The Morgan fingerprint density at radius 2 is 1.81 bits per heavy atom. The number of rotatable bonds is 8. The van der Waals surface area contributed by atoms with Gasteiger partial charge in [-0.25, -0.2) is 13.4 Å². The van der Waals surface area contributed by atoms with Crippen molar-refractivity contribution in [2.45, 2.75) is 70.7 Å². The number of nitrogens with one attached hydrogen (secondary N) is 1. The van der Waals surface area contributed by atoms with Gasteiger partial charge >= 0.3 is 0 Å². The van der Waals surface area contributed by atoms with Crippen LogP contribution in [0.3, 0.4) is 0 Å². The van der Waals surface area contributed by atoms with Crippen LogP contribution in [0.1, 0.15) is 57.2 Å². The predicted molar refractivity (Wildman–Crippen MR) is 143 cm³/mol. The highest BCUT2D eigenvalue weighted by Crippen LogP contribution is 2.35. The SMILES string of the molecule is Cc1sc2ncn(CC(=O)NCCCN3CCCCCC3)c(=O)c2c1S(=O)(=O)N1C[C@H](C)C[C@H](C)C1. The summed E-state index contributed by atoms with van der Waals surface area (Å²) in [6.45, 7) is 10.3. The maximum atomic E-state index is 13.7. The van der Waals surface area contributed by atoms with Crippen molar-refractivity contribution >= 4 is 37.5 Å². The first-order valence-electron chi connectivity index (χ1n) is 13.1. The second-order valence-corrected chi connectivity index (χ2v) is 13.7. The minimum absolute atomic E-state index is 0.0495. The van der Waals surface area contributed by atoms with Crippen molar-refractivity contribution in [2.75, 3.05) is 39.3 Å². The third kappa shape index (κ3) is 6.17. The van der Waals surface area contributed by atoms with E-state index >= 15 is 0 Å². The van der Waals surface area contributed by atoms with Gasteiger partial charge in [0.2, 0.25) is 15.9 Å². The van der Waals surface area contributed by atoms with Crippen LogP contribution >= 0.6 is 11.3 Å². The molecule has 2 aromatic rings. The number of carbonyl (C=O) groups is 1. The molecule has 0 spiro atoms. The summed E-state index contributed by atoms with van der Waals surface area (Å²) in [5, 5.41) is 2.99. The van der Waals surface area contributed by atoms with Gasteiger partial charge in [0.05, 0.1) is 11.7 Å². The lowest BCUT2D eigenvalue weighted by molar-refractivity contribution is -0.121. The van der Waals surface area contributed by atoms with E-state index in [4.69, 9.17) is 0 Å². The second kappa shape index (κ2) is 11.7. The first-order chi connectivity index (χ1) is 17.2. The molecular formula is C25H39N5O4S2. The summed E-state index contributed by atoms with van der Waals surface area (Å²) in [5.74, 6) is 0.238. The lowest BCUT2D eigenvalue weighted by Crippen LogP contribution is -2.43. The van der Waals surface area contributed by atoms with Gasteiger partial charge in [0, 0.05) is 24.5 Å². The zero-order valence-corrected chi connectivity index (χ0v) is 23.3. The third-order valence-electron chi connectivity index (χ3n) is 7.22. The van der Waals surface area contributed by atoms with Crippen molar-refractivity contribution in [1.29, 1.82) is 0 Å². The van der Waals surface area contributed by atoms with Crippen LogP contribution in [-0.4, -0.2) is 72.3 Å². The number of hydrogen-bond donors (Lipinski definition) is 1. The van der Waals surface area contributed by atoms with Crippen molar-refractivity contribution in [2.24, 2.45) is 11.8 Å². The van der Waals surface area contributed by atoms with Crippen molar-refractivity contribution in [1.82, 2.24) is 24.1 Å². The highest BCUT2D eigenvalue weighted by molar-refractivity contribution is 7.89. The molecule has 11 heteroatoms. The smallest absolute Gasteiger partial charge is 0.263 e. The molecule has 2 aromatic heterocycles. The van der Waals surface area contributed by atoms with E-state index in [1.807, 2.05) is 0 Å². The van der Waals surface area contributed by atoms with E-state index < -0.39 is 15.6 Å². The number of likely N-dealkylation sites (tertiary alicyclic amines) is 1. The van der Waals surface area contributed by atoms with Gasteiger partial charge in [0.15, 0.2) is 0 Å². The van der Waals surface area contributed by atoms with Gasteiger partial charge in [-0.3, -0.25) is 14.2 Å². The van der Waals surface area contributed by atoms with Crippen LogP contribution < -0.4 is 10.9 Å². The maximum absolute atomic E-state index is 13.7. The van der Waals surface area contributed by atoms with Crippen molar-refractivity contribution in [3.63, 3.8) is 0 Å². The second-order valence-electron chi connectivity index (χ2n) is 10.6. The number of thiophene rings is 1. The first kappa shape index (κ1) is 27.2. The Kier molecular flexibility index (Phi) is 8.85. The summed E-state index contributed by atoms with van der Waals surface area (Å²) in [7, 11) is -3.86. The van der Waals surface area contributed by atoms with E-state index in [1.54, 1.807) is 6.92 Å². The molecule has 36 heavy (non-hydrogen) atoms. The summed E-state index contributed by atoms with van der Waals surface area (Å²) in [6, 6.07) is 0. The Morgan fingerprint density at radius 1 is 1.14 bits per heavy atom. The number of nitrogens with zero attached hydrogens (tertiary/aromatic N) is 4. The van der Waals surface area contributed by atoms with Crippen LogP contribution in [0.15, 0.2) is 16.0 Å². The number of amides is 1. The van der Waals surface area contributed by atoms with E-state index in [9.17, 15) is 18.0 Å². The van der Waals surface area contributed by atoms with Crippen molar-refractivity contribution in [3.8, 4) is 0 Å². The van der Waals surface area contributed by atoms with Crippen molar-refractivity contribution < 1.29 is 13.2 Å². The number of carbonyl (C=O) groups excluding carboxylic acids is 1. The van der Waals surface area contributed by atoms with Crippen LogP contribution in [0.2, 0.25) is 0 Å². The average Bonchev–Trinajstić information content (AvgIpc) is 2.98. The Morgan fingerprint density at radius 3 is 2.47 bits per heavy atom. The number of hydrogen-bond acceptors (Lipinski definition) is 7. The fraction of sp³-hybridized carbons (Fsp3) is 0.720. The van der Waals surface area contributed by atoms with Crippen LogP contribution in [0.5, 0.6) is 0 Å². The molecule has 9 nitrogen and oxygen atoms in total. The molecule has 200 valence electrons. The van der Waals surface area contributed by atoms with Gasteiger partial charge < -0.3 is 10.2 Å². The normalized spacial score (nSPS) is 22.5. The maximum Gasteiger partial charge on any atom is 0.263 e. The molecule has 4 heterocycles. The zero-order valence-electron chi connectivity index (χ0n) is 21.7. The summed E-state index contributed by atoms with van der Waals surface area (Å²) < 4.78 is 30.0. The third-order valence-corrected chi connectivity index (χ3v) is 10.4. The molecule has 2 aliphatic heterocycles. The minimum atomic E-state index is -3.86. The number of fused-ring (bicyclic) bond motifs is 1. The average molecular weight is 538 g/mol. The van der Waals surface area contributed by atoms with E-state index in [2.05, 4.69) is 29.0 Å². The van der Waals surface area contributed by atoms with E-state index in [0.717, 1.165) is 32.5 Å². The fourth-order valence-electron chi connectivity index (χ4n) is 5.57. The summed E-state index contributed by atoms with van der Waals surface area (Å²) >= 11 is 1.21. The van der Waals surface area contributed by atoms with Crippen molar-refractivity contribution in [3.05, 3.63) is 21.6 Å². The first-order valence-corrected chi connectivity index (χ1v) is 15.4. The molecule has 2 aliphatic rings. The van der Waals surface area contributed by atoms with Crippen LogP contribution in [-0.2, 0) is 21.4 Å². The topological polar surface area (TPSA) is 105 Å². The molecule has 0 unspecified atom stereocenters. The summed E-state index contributed by atoms with van der Waals surface area (Å²) in [6.07, 6.45) is 8.25. The number of sulfonamides is 1. The summed E-state index contributed by atoms with van der Waals surface area (Å²) in [4.78, 5) is 33.8. The minimum Gasteiger partial charge on any atom is -0.354 e. The number of aryl methyl sites for hydroxylation is 1. The molecule has 0 bridgehead atoms. The fourth-order valence-corrected chi connectivity index (χ4v) is 8.91. The molecule has 4 rings (SSSR count). The molecule has 0 aliphatic carbocycles. The van der Waals surface area contributed by atoms with Gasteiger partial charge in [0.1, 0.15) is 16.3 Å². The van der Waals surface area contributed by atoms with Crippen LogP contribution in [0, 0.1) is 18.8 Å². The van der Waals surface area contributed by atoms with E-state index in [1.165, 1.54) is 52.2 Å². The summed E-state index contributed by atoms with van der Waals surface area (Å²) in [5.41, 5.74) is -0.485. The quantitative estimate of drug-likeness (QED) is 0.520. The van der Waals surface area contributed by atoms with Gasteiger partial charge in [-0.2, -0.15) is 4.31 Å². The van der Waals surface area contributed by atoms with Gasteiger partial charge in [-0.15, -0.1) is 11.3 Å². The van der Waals surface area contributed by atoms with Gasteiger partial charge in [-0.1, -0.05) is 26.7 Å². The van der Waals surface area contributed by atoms with Crippen LogP contribution in [0.4, 0.5) is 0 Å². The highest BCUT2D eigenvalue weighted by atomic mass is 32.2. The zero-order chi connectivity index (χ0) is 25.9. The Hall–Kier alpha value is -1.82. The molecule has 1 amide bonds. The molecular weight excluding hydrogens is 498 g/mol.